The number of nitrogens with zero attached hydrogens (tertiary/aromatic N) is 3. The van der Waals surface area contributed by atoms with Crippen LogP contribution in [0.25, 0.3) is 10.9 Å². The van der Waals surface area contributed by atoms with Crippen molar-refractivity contribution in [1.29, 1.82) is 0 Å². The quantitative estimate of drug-likeness (QED) is 0.715. The van der Waals surface area contributed by atoms with E-state index in [1.807, 2.05) is 6.07 Å². The third kappa shape index (κ3) is 2.30. The fraction of sp³-hybridized carbons (Fsp3) is 0.0833. The van der Waals surface area contributed by atoms with Gasteiger partial charge in [-0.3, -0.25) is 4.98 Å². The molecule has 0 spiro atoms. The van der Waals surface area contributed by atoms with Crippen molar-refractivity contribution < 1.29 is 9.52 Å². The van der Waals surface area contributed by atoms with E-state index in [0.29, 0.717) is 23.3 Å². The molecule has 19 heavy (non-hydrogen) atoms. The molecule has 0 amide bonds. The van der Waals surface area contributed by atoms with Crippen molar-refractivity contribution in [1.82, 2.24) is 15.0 Å². The van der Waals surface area contributed by atoms with Crippen LogP contribution in [0.1, 0.15) is 5.76 Å². The molecule has 0 saturated carbocycles. The first-order valence-corrected chi connectivity index (χ1v) is 5.88. The van der Waals surface area contributed by atoms with Crippen molar-refractivity contribution >= 4 is 28.3 Å². The molecule has 0 atom stereocenters. The molecule has 3 heterocycles. The zero-order chi connectivity index (χ0) is 13.2. The summed E-state index contributed by atoms with van der Waals surface area (Å²) in [6.07, 6.45) is 4.47. The molecule has 0 aliphatic rings. The molecule has 2 N–H and O–H groups in total. The highest BCUT2D eigenvalue weighted by molar-refractivity contribution is 6.28. The van der Waals surface area contributed by atoms with Crippen LogP contribution in [0.15, 0.2) is 35.2 Å². The molecule has 7 heteroatoms. The first-order chi connectivity index (χ1) is 9.24. The summed E-state index contributed by atoms with van der Waals surface area (Å²) in [5.74, 6) is 1.22. The van der Waals surface area contributed by atoms with Crippen molar-refractivity contribution in [2.24, 2.45) is 0 Å². The van der Waals surface area contributed by atoms with Crippen molar-refractivity contribution in [2.45, 2.75) is 6.54 Å². The van der Waals surface area contributed by atoms with Crippen molar-refractivity contribution in [3.8, 4) is 5.75 Å². The molecular weight excluding hydrogens is 268 g/mol. The zero-order valence-electron chi connectivity index (χ0n) is 9.67. The lowest BCUT2D eigenvalue weighted by Crippen LogP contribution is -2.02. The molecule has 0 aliphatic heterocycles. The predicted molar refractivity (Wildman–Crippen MR) is 70.0 cm³/mol. The molecule has 3 aromatic heterocycles. The van der Waals surface area contributed by atoms with Crippen LogP contribution in [0.3, 0.4) is 0 Å². The molecule has 0 aromatic carbocycles. The van der Waals surface area contributed by atoms with Crippen LogP contribution in [-0.2, 0) is 6.54 Å². The Kier molecular flexibility index (Phi) is 2.92. The highest BCUT2D eigenvalue weighted by Gasteiger charge is 2.10. The molecule has 0 unspecified atom stereocenters. The van der Waals surface area contributed by atoms with E-state index in [9.17, 15) is 5.11 Å². The van der Waals surface area contributed by atoms with Crippen LogP contribution in [0.2, 0.25) is 5.28 Å². The first kappa shape index (κ1) is 11.7. The van der Waals surface area contributed by atoms with E-state index in [4.69, 9.17) is 16.0 Å². The van der Waals surface area contributed by atoms with Gasteiger partial charge < -0.3 is 14.8 Å². The van der Waals surface area contributed by atoms with Crippen LogP contribution in [0.5, 0.6) is 5.75 Å². The number of furan rings is 1. The van der Waals surface area contributed by atoms with Crippen LogP contribution in [0.4, 0.5) is 5.82 Å². The standard InChI is InChI=1S/C12H9ClN4O2/c13-12-16-10-8(5-14-6-9(10)18)11(17-12)15-4-7-2-1-3-19-7/h1-3,5-6,18H,4H2,(H,15,16,17). The van der Waals surface area contributed by atoms with Crippen molar-refractivity contribution in [3.05, 3.63) is 41.8 Å². The van der Waals surface area contributed by atoms with E-state index in [1.54, 1.807) is 18.5 Å². The van der Waals surface area contributed by atoms with Gasteiger partial charge in [0.1, 0.15) is 17.1 Å². The molecule has 0 fully saturated rings. The van der Waals surface area contributed by atoms with Gasteiger partial charge in [-0.2, -0.15) is 0 Å². The lowest BCUT2D eigenvalue weighted by atomic mass is 10.3. The Hall–Kier alpha value is -2.34. The van der Waals surface area contributed by atoms with Gasteiger partial charge in [-0.25, -0.2) is 9.97 Å². The third-order valence-corrected chi connectivity index (χ3v) is 2.74. The van der Waals surface area contributed by atoms with E-state index < -0.39 is 0 Å². The number of anilines is 1. The number of halogens is 1. The monoisotopic (exact) mass is 276 g/mol. The second kappa shape index (κ2) is 4.74. The maximum Gasteiger partial charge on any atom is 0.225 e. The second-order valence-electron chi connectivity index (χ2n) is 3.83. The van der Waals surface area contributed by atoms with Gasteiger partial charge in [-0.15, -0.1) is 0 Å². The van der Waals surface area contributed by atoms with E-state index in [-0.39, 0.29) is 11.0 Å². The summed E-state index contributed by atoms with van der Waals surface area (Å²) in [6, 6.07) is 3.64. The number of fused-ring (bicyclic) bond motifs is 1. The van der Waals surface area contributed by atoms with Gasteiger partial charge in [0.2, 0.25) is 5.28 Å². The molecule has 96 valence electrons. The Morgan fingerprint density at radius 3 is 3.00 bits per heavy atom. The topological polar surface area (TPSA) is 84.1 Å². The highest BCUT2D eigenvalue weighted by atomic mass is 35.5. The van der Waals surface area contributed by atoms with Gasteiger partial charge in [0.05, 0.1) is 24.4 Å². The predicted octanol–water partition coefficient (Wildman–Crippen LogP) is 2.59. The average molecular weight is 277 g/mol. The molecule has 3 aromatic rings. The number of nitrogens with one attached hydrogen (secondary N) is 1. The smallest absolute Gasteiger partial charge is 0.225 e. The average Bonchev–Trinajstić information content (AvgIpc) is 2.90. The summed E-state index contributed by atoms with van der Waals surface area (Å²) in [5.41, 5.74) is 0.358. The van der Waals surface area contributed by atoms with Crippen LogP contribution >= 0.6 is 11.6 Å². The Bertz CT molecular complexity index is 715. The summed E-state index contributed by atoms with van der Waals surface area (Å²) in [7, 11) is 0. The number of pyridine rings is 1. The number of hydrogen-bond donors (Lipinski definition) is 2. The van der Waals surface area contributed by atoms with E-state index >= 15 is 0 Å². The molecule has 6 nitrogen and oxygen atoms in total. The van der Waals surface area contributed by atoms with E-state index in [0.717, 1.165) is 5.76 Å². The van der Waals surface area contributed by atoms with Crippen molar-refractivity contribution in [3.63, 3.8) is 0 Å². The van der Waals surface area contributed by atoms with Gasteiger partial charge in [-0.1, -0.05) is 0 Å². The van der Waals surface area contributed by atoms with Gasteiger partial charge in [-0.05, 0) is 23.7 Å². The lowest BCUT2D eigenvalue weighted by molar-refractivity contribution is 0.478. The summed E-state index contributed by atoms with van der Waals surface area (Å²) >= 11 is 5.84. The lowest BCUT2D eigenvalue weighted by Gasteiger charge is -2.08. The fourth-order valence-corrected chi connectivity index (χ4v) is 1.89. The van der Waals surface area contributed by atoms with E-state index in [2.05, 4.69) is 20.3 Å². The number of aromatic nitrogens is 3. The molecule has 0 radical (unpaired) electrons. The Balaban J connectivity index is 2.00. The van der Waals surface area contributed by atoms with Gasteiger partial charge in [0, 0.05) is 6.20 Å². The third-order valence-electron chi connectivity index (χ3n) is 2.57. The normalized spacial score (nSPS) is 10.8. The maximum atomic E-state index is 9.71. The summed E-state index contributed by atoms with van der Waals surface area (Å²) in [6.45, 7) is 0.450. The Morgan fingerprint density at radius 1 is 1.32 bits per heavy atom. The van der Waals surface area contributed by atoms with Crippen LogP contribution in [0, 0.1) is 0 Å². The molecule has 0 bridgehead atoms. The minimum Gasteiger partial charge on any atom is -0.504 e. The highest BCUT2D eigenvalue weighted by Crippen LogP contribution is 2.27. The Morgan fingerprint density at radius 2 is 2.21 bits per heavy atom. The SMILES string of the molecule is Oc1cncc2c(NCc3ccco3)nc(Cl)nc12. The Labute approximate surface area is 113 Å². The minimum atomic E-state index is -0.0390. The van der Waals surface area contributed by atoms with Crippen LogP contribution < -0.4 is 5.32 Å². The minimum absolute atomic E-state index is 0.0390. The number of aromatic hydroxyl groups is 1. The first-order valence-electron chi connectivity index (χ1n) is 5.50. The van der Waals surface area contributed by atoms with Gasteiger partial charge in [0.25, 0.3) is 0 Å². The zero-order valence-corrected chi connectivity index (χ0v) is 10.4. The molecule has 3 rings (SSSR count). The number of rotatable bonds is 3. The van der Waals surface area contributed by atoms with Crippen molar-refractivity contribution in [2.75, 3.05) is 5.32 Å². The number of hydrogen-bond acceptors (Lipinski definition) is 6. The molecule has 0 aliphatic carbocycles. The van der Waals surface area contributed by atoms with Gasteiger partial charge in [0.15, 0.2) is 5.75 Å². The second-order valence-corrected chi connectivity index (χ2v) is 4.17. The fourth-order valence-electron chi connectivity index (χ4n) is 1.72. The maximum absolute atomic E-state index is 9.71. The summed E-state index contributed by atoms with van der Waals surface area (Å²) in [5, 5.41) is 13.4. The largest absolute Gasteiger partial charge is 0.504 e. The molecule has 0 saturated heterocycles. The molecular formula is C12H9ClN4O2. The summed E-state index contributed by atoms with van der Waals surface area (Å²) < 4.78 is 5.22. The van der Waals surface area contributed by atoms with Gasteiger partial charge >= 0.3 is 0 Å². The van der Waals surface area contributed by atoms with Crippen LogP contribution in [-0.4, -0.2) is 20.1 Å². The van der Waals surface area contributed by atoms with E-state index in [1.165, 1.54) is 6.20 Å². The summed E-state index contributed by atoms with van der Waals surface area (Å²) in [4.78, 5) is 12.0.